The average Bonchev–Trinajstić information content (AvgIpc) is 2.35. The molecule has 18 heavy (non-hydrogen) atoms. The van der Waals surface area contributed by atoms with Crippen LogP contribution in [0.15, 0.2) is 29.2 Å². The van der Waals surface area contributed by atoms with Crippen LogP contribution in [0.3, 0.4) is 0 Å². The molecule has 0 saturated heterocycles. The highest BCUT2D eigenvalue weighted by atomic mass is 32.2. The van der Waals surface area contributed by atoms with Crippen molar-refractivity contribution in [3.8, 4) is 5.75 Å². The number of aliphatic carboxylic acids is 1. The Morgan fingerprint density at radius 3 is 2.33 bits per heavy atom. The third kappa shape index (κ3) is 3.44. The monoisotopic (exact) mass is 273 g/mol. The van der Waals surface area contributed by atoms with Crippen molar-refractivity contribution in [3.05, 3.63) is 24.3 Å². The number of benzene rings is 1. The maximum Gasteiger partial charge on any atom is 0.304 e. The number of hydrogen-bond acceptors (Lipinski definition) is 4. The minimum absolute atomic E-state index is 0.0658. The van der Waals surface area contributed by atoms with Gasteiger partial charge in [-0.1, -0.05) is 0 Å². The van der Waals surface area contributed by atoms with E-state index in [0.29, 0.717) is 5.75 Å². The number of sulfonamides is 1. The smallest absolute Gasteiger partial charge is 0.304 e. The summed E-state index contributed by atoms with van der Waals surface area (Å²) in [5.74, 6) is -0.478. The van der Waals surface area contributed by atoms with E-state index in [9.17, 15) is 13.2 Å². The third-order valence-corrected chi connectivity index (χ3v) is 4.28. The van der Waals surface area contributed by atoms with Crippen LogP contribution in [0.5, 0.6) is 5.75 Å². The van der Waals surface area contributed by atoms with E-state index < -0.39 is 16.0 Å². The summed E-state index contributed by atoms with van der Waals surface area (Å²) in [6.45, 7) is -0.0658. The molecule has 0 saturated carbocycles. The van der Waals surface area contributed by atoms with Gasteiger partial charge in [-0.3, -0.25) is 4.79 Å². The van der Waals surface area contributed by atoms with Crippen molar-refractivity contribution in [2.45, 2.75) is 11.3 Å². The minimum atomic E-state index is -3.65. The van der Waals surface area contributed by atoms with Gasteiger partial charge in [-0.2, -0.15) is 0 Å². The normalized spacial score (nSPS) is 11.5. The van der Waals surface area contributed by atoms with Crippen LogP contribution in [-0.2, 0) is 14.8 Å². The summed E-state index contributed by atoms with van der Waals surface area (Å²) in [7, 11) is -0.807. The Hall–Kier alpha value is -1.60. The second-order valence-corrected chi connectivity index (χ2v) is 5.69. The van der Waals surface area contributed by atoms with E-state index in [1.807, 2.05) is 0 Å². The lowest BCUT2D eigenvalue weighted by molar-refractivity contribution is -0.137. The molecule has 0 atom stereocenters. The molecular weight excluding hydrogens is 258 g/mol. The molecule has 0 heterocycles. The molecule has 1 aromatic rings. The van der Waals surface area contributed by atoms with Gasteiger partial charge in [0.1, 0.15) is 5.75 Å². The van der Waals surface area contributed by atoms with E-state index in [0.717, 1.165) is 4.31 Å². The molecule has 0 aromatic heterocycles. The largest absolute Gasteiger partial charge is 0.497 e. The summed E-state index contributed by atoms with van der Waals surface area (Å²) >= 11 is 0. The van der Waals surface area contributed by atoms with E-state index in [1.54, 1.807) is 0 Å². The molecule has 0 amide bonds. The highest BCUT2D eigenvalue weighted by molar-refractivity contribution is 7.89. The maximum absolute atomic E-state index is 12.0. The van der Waals surface area contributed by atoms with Gasteiger partial charge in [0.25, 0.3) is 0 Å². The van der Waals surface area contributed by atoms with Gasteiger partial charge in [-0.15, -0.1) is 0 Å². The minimum Gasteiger partial charge on any atom is -0.497 e. The van der Waals surface area contributed by atoms with Crippen molar-refractivity contribution in [2.75, 3.05) is 20.7 Å². The molecule has 0 fully saturated rings. The molecule has 100 valence electrons. The Kier molecular flexibility index (Phi) is 4.69. The van der Waals surface area contributed by atoms with Gasteiger partial charge < -0.3 is 9.84 Å². The summed E-state index contributed by atoms with van der Waals surface area (Å²) in [4.78, 5) is 10.5. The number of ether oxygens (including phenoxy) is 1. The van der Waals surface area contributed by atoms with Crippen molar-refractivity contribution in [1.82, 2.24) is 4.31 Å². The van der Waals surface area contributed by atoms with Gasteiger partial charge in [0, 0.05) is 13.6 Å². The van der Waals surface area contributed by atoms with Crippen LogP contribution in [0.2, 0.25) is 0 Å². The lowest BCUT2D eigenvalue weighted by Crippen LogP contribution is -2.29. The topological polar surface area (TPSA) is 83.9 Å². The Morgan fingerprint density at radius 1 is 1.33 bits per heavy atom. The van der Waals surface area contributed by atoms with Gasteiger partial charge in [0.2, 0.25) is 10.0 Å². The van der Waals surface area contributed by atoms with Crippen molar-refractivity contribution < 1.29 is 23.1 Å². The third-order valence-electron chi connectivity index (χ3n) is 2.41. The molecule has 1 rings (SSSR count). The van der Waals surface area contributed by atoms with E-state index in [-0.39, 0.29) is 17.9 Å². The molecule has 0 aliphatic heterocycles. The maximum atomic E-state index is 12.0. The van der Waals surface area contributed by atoms with Crippen molar-refractivity contribution >= 4 is 16.0 Å². The summed E-state index contributed by atoms with van der Waals surface area (Å²) in [6.07, 6.45) is -0.230. The molecule has 0 spiro atoms. The molecule has 1 N–H and O–H groups in total. The molecular formula is C11H15NO5S. The second-order valence-electron chi connectivity index (χ2n) is 3.65. The zero-order valence-corrected chi connectivity index (χ0v) is 11.0. The fraction of sp³-hybridized carbons (Fsp3) is 0.364. The number of carboxylic acid groups (broad SMARTS) is 1. The number of hydrogen-bond donors (Lipinski definition) is 1. The highest BCUT2D eigenvalue weighted by Crippen LogP contribution is 2.18. The average molecular weight is 273 g/mol. The number of carboxylic acids is 1. The van der Waals surface area contributed by atoms with Gasteiger partial charge >= 0.3 is 5.97 Å². The molecule has 0 aliphatic rings. The first kappa shape index (κ1) is 14.5. The van der Waals surface area contributed by atoms with E-state index >= 15 is 0 Å². The first-order valence-electron chi connectivity index (χ1n) is 5.20. The zero-order valence-electron chi connectivity index (χ0n) is 10.2. The van der Waals surface area contributed by atoms with Crippen LogP contribution in [-0.4, -0.2) is 44.5 Å². The van der Waals surface area contributed by atoms with Gasteiger partial charge in [0.15, 0.2) is 0 Å². The van der Waals surface area contributed by atoms with Gasteiger partial charge in [-0.05, 0) is 24.3 Å². The molecule has 0 aliphatic carbocycles. The van der Waals surface area contributed by atoms with Crippen molar-refractivity contribution in [2.24, 2.45) is 0 Å². The fourth-order valence-corrected chi connectivity index (χ4v) is 2.47. The lowest BCUT2D eigenvalue weighted by Gasteiger charge is -2.16. The predicted octanol–water partition coefficient (Wildman–Crippen LogP) is 0.790. The number of rotatable bonds is 6. The molecule has 1 aromatic carbocycles. The lowest BCUT2D eigenvalue weighted by atomic mass is 10.3. The summed E-state index contributed by atoms with van der Waals surface area (Å²) in [5, 5.41) is 8.53. The van der Waals surface area contributed by atoms with E-state index in [2.05, 4.69) is 0 Å². The Morgan fingerprint density at radius 2 is 1.89 bits per heavy atom. The van der Waals surface area contributed by atoms with Crippen LogP contribution in [0, 0.1) is 0 Å². The highest BCUT2D eigenvalue weighted by Gasteiger charge is 2.21. The van der Waals surface area contributed by atoms with Gasteiger partial charge in [-0.25, -0.2) is 12.7 Å². The van der Waals surface area contributed by atoms with Crippen LogP contribution < -0.4 is 4.74 Å². The quantitative estimate of drug-likeness (QED) is 0.828. The second kappa shape index (κ2) is 5.83. The summed E-state index contributed by atoms with van der Waals surface area (Å²) in [5.41, 5.74) is 0. The molecule has 0 unspecified atom stereocenters. The number of carbonyl (C=O) groups is 1. The molecule has 6 nitrogen and oxygen atoms in total. The number of methoxy groups -OCH3 is 1. The SMILES string of the molecule is COc1ccc(S(=O)(=O)N(C)CCC(=O)O)cc1. The van der Waals surface area contributed by atoms with Crippen molar-refractivity contribution in [3.63, 3.8) is 0 Å². The Bertz CT molecular complexity index is 509. The van der Waals surface area contributed by atoms with Gasteiger partial charge in [0.05, 0.1) is 18.4 Å². The Labute approximate surface area is 106 Å². The molecule has 0 bridgehead atoms. The van der Waals surface area contributed by atoms with Crippen LogP contribution in [0.1, 0.15) is 6.42 Å². The van der Waals surface area contributed by atoms with Crippen LogP contribution >= 0.6 is 0 Å². The Balaban J connectivity index is 2.87. The van der Waals surface area contributed by atoms with E-state index in [1.165, 1.54) is 38.4 Å². The predicted molar refractivity (Wildman–Crippen MR) is 65.1 cm³/mol. The summed E-state index contributed by atoms with van der Waals surface area (Å²) in [6, 6.07) is 5.92. The standard InChI is InChI=1S/C11H15NO5S/c1-12(8-7-11(13)14)18(15,16)10-5-3-9(17-2)4-6-10/h3-6H,7-8H2,1-2H3,(H,13,14). The first-order chi connectivity index (χ1) is 8.37. The molecule has 7 heteroatoms. The first-order valence-corrected chi connectivity index (χ1v) is 6.64. The zero-order chi connectivity index (χ0) is 13.8. The van der Waals surface area contributed by atoms with Crippen LogP contribution in [0.4, 0.5) is 0 Å². The summed E-state index contributed by atoms with van der Waals surface area (Å²) < 4.78 is 30.0. The number of nitrogens with zero attached hydrogens (tertiary/aromatic N) is 1. The molecule has 0 radical (unpaired) electrons. The van der Waals surface area contributed by atoms with Crippen molar-refractivity contribution in [1.29, 1.82) is 0 Å². The van der Waals surface area contributed by atoms with E-state index in [4.69, 9.17) is 9.84 Å². The van der Waals surface area contributed by atoms with Crippen LogP contribution in [0.25, 0.3) is 0 Å². The fourth-order valence-electron chi connectivity index (χ4n) is 1.30.